The van der Waals surface area contributed by atoms with E-state index in [4.69, 9.17) is 0 Å². The Balaban J connectivity index is 1.56. The molecule has 0 aromatic heterocycles. The maximum absolute atomic E-state index is 2.40. The molecule has 1 saturated carbocycles. The summed E-state index contributed by atoms with van der Waals surface area (Å²) in [6.45, 7) is 0. The van der Waals surface area contributed by atoms with Crippen LogP contribution in [0.15, 0.2) is 120 Å². The standard InChI is InChI=1S/C34H28/c1-3-11-23(12-4-1)29-21-19-25-15-7-9-17-27(25)31-32-28-18-10-8-16-26(28)20-22-30(34(32)33(29)31)24-13-5-2-6-14-24/h1-18,31-32H,19-22H2. The number of aryl methyl sites for hydroxylation is 2. The monoisotopic (exact) mass is 436 g/mol. The van der Waals surface area contributed by atoms with Gasteiger partial charge in [0.1, 0.15) is 0 Å². The molecule has 0 nitrogen and oxygen atoms in total. The van der Waals surface area contributed by atoms with Crippen LogP contribution in [-0.4, -0.2) is 0 Å². The molecule has 3 aliphatic carbocycles. The second kappa shape index (κ2) is 7.99. The van der Waals surface area contributed by atoms with Gasteiger partial charge >= 0.3 is 0 Å². The van der Waals surface area contributed by atoms with Crippen LogP contribution in [0, 0.1) is 0 Å². The van der Waals surface area contributed by atoms with E-state index in [0.29, 0.717) is 11.8 Å². The molecule has 0 heteroatoms. The number of benzene rings is 4. The van der Waals surface area contributed by atoms with E-state index in [0.717, 1.165) is 25.7 Å². The number of hydrogen-bond donors (Lipinski definition) is 0. The highest BCUT2D eigenvalue weighted by Crippen LogP contribution is 2.65. The van der Waals surface area contributed by atoms with Gasteiger partial charge in [-0.3, -0.25) is 0 Å². The quantitative estimate of drug-likeness (QED) is 0.296. The molecule has 0 heterocycles. The average molecular weight is 437 g/mol. The van der Waals surface area contributed by atoms with Gasteiger partial charge in [0.05, 0.1) is 0 Å². The minimum atomic E-state index is 0.432. The Morgan fingerprint density at radius 2 is 0.765 bits per heavy atom. The molecule has 0 N–H and O–H groups in total. The third kappa shape index (κ3) is 2.98. The van der Waals surface area contributed by atoms with Crippen LogP contribution in [0.4, 0.5) is 0 Å². The van der Waals surface area contributed by atoms with Crippen LogP contribution in [-0.2, 0) is 12.8 Å². The van der Waals surface area contributed by atoms with Gasteiger partial charge in [0.15, 0.2) is 0 Å². The smallest absolute Gasteiger partial charge is 0.0208 e. The third-order valence-electron chi connectivity index (χ3n) is 8.21. The first-order valence-corrected chi connectivity index (χ1v) is 12.6. The lowest BCUT2D eigenvalue weighted by molar-refractivity contribution is 0.590. The van der Waals surface area contributed by atoms with E-state index < -0.39 is 0 Å². The Bertz CT molecular complexity index is 1320. The van der Waals surface area contributed by atoms with E-state index in [1.54, 1.807) is 33.4 Å². The lowest BCUT2D eigenvalue weighted by Gasteiger charge is -2.46. The van der Waals surface area contributed by atoms with Crippen molar-refractivity contribution in [3.05, 3.63) is 154 Å². The first-order chi connectivity index (χ1) is 16.9. The largest absolute Gasteiger partial charge is 0.0622 e. The highest BCUT2D eigenvalue weighted by Gasteiger charge is 2.49. The number of hydrogen-bond acceptors (Lipinski definition) is 0. The number of allylic oxidation sites excluding steroid dienone is 4. The van der Waals surface area contributed by atoms with Crippen LogP contribution < -0.4 is 0 Å². The summed E-state index contributed by atoms with van der Waals surface area (Å²) < 4.78 is 0. The molecule has 0 radical (unpaired) electrons. The van der Waals surface area contributed by atoms with Gasteiger partial charge in [0, 0.05) is 11.8 Å². The Kier molecular flexibility index (Phi) is 4.65. The molecular weight excluding hydrogens is 408 g/mol. The van der Waals surface area contributed by atoms with E-state index in [9.17, 15) is 0 Å². The first-order valence-electron chi connectivity index (χ1n) is 12.6. The van der Waals surface area contributed by atoms with Crippen LogP contribution in [0.2, 0.25) is 0 Å². The summed E-state index contributed by atoms with van der Waals surface area (Å²) in [4.78, 5) is 0. The molecule has 3 aliphatic rings. The molecule has 0 bridgehead atoms. The fourth-order valence-corrected chi connectivity index (χ4v) is 6.74. The van der Waals surface area contributed by atoms with E-state index in [1.165, 1.54) is 22.3 Å². The molecule has 4 aromatic carbocycles. The molecule has 0 spiro atoms. The molecule has 34 heavy (non-hydrogen) atoms. The van der Waals surface area contributed by atoms with Gasteiger partial charge in [0.25, 0.3) is 0 Å². The molecule has 2 atom stereocenters. The lowest BCUT2D eigenvalue weighted by Crippen LogP contribution is -2.30. The van der Waals surface area contributed by atoms with Crippen molar-refractivity contribution in [1.29, 1.82) is 0 Å². The highest BCUT2D eigenvalue weighted by molar-refractivity contribution is 5.89. The van der Waals surface area contributed by atoms with E-state index in [-0.39, 0.29) is 0 Å². The maximum atomic E-state index is 2.40. The van der Waals surface area contributed by atoms with Crippen molar-refractivity contribution in [1.82, 2.24) is 0 Å². The minimum Gasteiger partial charge on any atom is -0.0622 e. The van der Waals surface area contributed by atoms with Gasteiger partial charge in [-0.1, -0.05) is 109 Å². The summed E-state index contributed by atoms with van der Waals surface area (Å²) in [5, 5.41) is 0. The van der Waals surface area contributed by atoms with Crippen molar-refractivity contribution in [3.8, 4) is 0 Å². The van der Waals surface area contributed by atoms with Gasteiger partial charge in [-0.2, -0.15) is 0 Å². The summed E-state index contributed by atoms with van der Waals surface area (Å²) in [6, 6.07) is 40.8. The van der Waals surface area contributed by atoms with Crippen molar-refractivity contribution >= 4 is 11.1 Å². The van der Waals surface area contributed by atoms with Gasteiger partial charge in [-0.15, -0.1) is 0 Å². The van der Waals surface area contributed by atoms with Gasteiger partial charge in [-0.25, -0.2) is 0 Å². The van der Waals surface area contributed by atoms with Crippen molar-refractivity contribution < 1.29 is 0 Å². The Hall–Kier alpha value is -3.64. The summed E-state index contributed by atoms with van der Waals surface area (Å²) in [7, 11) is 0. The molecular formula is C34H28. The second-order valence-electron chi connectivity index (χ2n) is 9.87. The molecule has 0 aliphatic heterocycles. The Morgan fingerprint density at radius 3 is 1.21 bits per heavy atom. The number of fused-ring (bicyclic) bond motifs is 8. The Morgan fingerprint density at radius 1 is 0.382 bits per heavy atom. The van der Waals surface area contributed by atoms with Gasteiger partial charge < -0.3 is 0 Å². The van der Waals surface area contributed by atoms with Crippen LogP contribution in [0.1, 0.15) is 58.1 Å². The molecule has 0 amide bonds. The summed E-state index contributed by atoms with van der Waals surface area (Å²) >= 11 is 0. The highest BCUT2D eigenvalue weighted by atomic mass is 14.5. The van der Waals surface area contributed by atoms with Crippen LogP contribution in [0.5, 0.6) is 0 Å². The maximum Gasteiger partial charge on any atom is 0.0208 e. The number of rotatable bonds is 2. The predicted molar refractivity (Wildman–Crippen MR) is 142 cm³/mol. The summed E-state index contributed by atoms with van der Waals surface area (Å²) in [5.74, 6) is 0.865. The van der Waals surface area contributed by atoms with Gasteiger partial charge in [0.2, 0.25) is 0 Å². The fourth-order valence-electron chi connectivity index (χ4n) is 6.74. The van der Waals surface area contributed by atoms with Crippen molar-refractivity contribution in [3.63, 3.8) is 0 Å². The average Bonchev–Trinajstić information content (AvgIpc) is 3.12. The molecule has 4 aromatic rings. The summed E-state index contributed by atoms with van der Waals surface area (Å²) in [6.07, 6.45) is 4.44. The summed E-state index contributed by atoms with van der Waals surface area (Å²) in [5.41, 5.74) is 15.3. The first kappa shape index (κ1) is 19.8. The SMILES string of the molecule is c1ccc(C2=C3C4=C(c5ccccc5)CCc5ccccc5C4C3c3ccccc3CC2)cc1. The third-order valence-corrected chi connectivity index (χ3v) is 8.21. The van der Waals surface area contributed by atoms with E-state index in [1.807, 2.05) is 0 Å². The van der Waals surface area contributed by atoms with Gasteiger partial charge in [-0.05, 0) is 81.4 Å². The van der Waals surface area contributed by atoms with Crippen LogP contribution >= 0.6 is 0 Å². The fraction of sp³-hybridized carbons (Fsp3) is 0.176. The van der Waals surface area contributed by atoms with Crippen molar-refractivity contribution in [2.45, 2.75) is 37.5 Å². The molecule has 7 rings (SSSR count). The molecule has 1 fully saturated rings. The topological polar surface area (TPSA) is 0 Å². The zero-order valence-corrected chi connectivity index (χ0v) is 19.4. The van der Waals surface area contributed by atoms with Crippen LogP contribution in [0.25, 0.3) is 11.1 Å². The predicted octanol–water partition coefficient (Wildman–Crippen LogP) is 8.37. The molecule has 2 unspecified atom stereocenters. The van der Waals surface area contributed by atoms with Crippen molar-refractivity contribution in [2.75, 3.05) is 0 Å². The second-order valence-corrected chi connectivity index (χ2v) is 9.87. The zero-order chi connectivity index (χ0) is 22.5. The van der Waals surface area contributed by atoms with Crippen LogP contribution in [0.3, 0.4) is 0 Å². The van der Waals surface area contributed by atoms with E-state index in [2.05, 4.69) is 109 Å². The van der Waals surface area contributed by atoms with Crippen molar-refractivity contribution in [2.24, 2.45) is 0 Å². The molecule has 164 valence electrons. The Labute approximate surface area is 202 Å². The molecule has 0 saturated heterocycles. The lowest BCUT2D eigenvalue weighted by atomic mass is 9.56. The van der Waals surface area contributed by atoms with E-state index >= 15 is 0 Å². The normalized spacial score (nSPS) is 20.8. The zero-order valence-electron chi connectivity index (χ0n) is 19.4. The minimum absolute atomic E-state index is 0.432.